The van der Waals surface area contributed by atoms with Crippen LogP contribution in [0.25, 0.3) is 0 Å². The van der Waals surface area contributed by atoms with Crippen molar-refractivity contribution in [2.45, 2.75) is 6.92 Å². The molecule has 35 heavy (non-hydrogen) atoms. The van der Waals surface area contributed by atoms with Gasteiger partial charge in [-0.2, -0.15) is 5.10 Å². The molecule has 0 aliphatic rings. The molecule has 0 fully saturated rings. The summed E-state index contributed by atoms with van der Waals surface area (Å²) in [5, 5.41) is 7.44. The normalized spacial score (nSPS) is 10.6. The van der Waals surface area contributed by atoms with Crippen LogP contribution in [-0.4, -0.2) is 38.4 Å². The van der Waals surface area contributed by atoms with Crippen LogP contribution >= 0.6 is 23.2 Å². The first-order valence-electron chi connectivity index (χ1n) is 10.5. The Morgan fingerprint density at radius 2 is 1.71 bits per heavy atom. The third-order valence-electron chi connectivity index (χ3n) is 4.54. The minimum atomic E-state index is -0.392. The predicted octanol–water partition coefficient (Wildman–Crippen LogP) is 5.18. The fourth-order valence-corrected chi connectivity index (χ4v) is 3.31. The van der Waals surface area contributed by atoms with Crippen molar-refractivity contribution in [2.75, 3.05) is 25.6 Å². The number of nitrogens with one attached hydrogen (secondary N) is 2. The third-order valence-corrected chi connectivity index (χ3v) is 5.07. The van der Waals surface area contributed by atoms with Crippen molar-refractivity contribution in [3.63, 3.8) is 0 Å². The van der Waals surface area contributed by atoms with Crippen molar-refractivity contribution in [3.8, 4) is 17.2 Å². The topological polar surface area (TPSA) is 98.3 Å². The van der Waals surface area contributed by atoms with E-state index in [2.05, 4.69) is 15.8 Å². The molecule has 0 saturated carbocycles. The molecule has 2 N–H and O–H groups in total. The minimum absolute atomic E-state index is 0.221. The first kappa shape index (κ1) is 25.9. The number of halogens is 2. The SMILES string of the molecule is CCOc1cc(/C=N/NC(=O)c2ccc(Cl)cc2)cc(Cl)c1OCC(=O)Nc1ccc(OC)cc1. The molecular formula is C25H23Cl2N3O5. The fraction of sp³-hybridized carbons (Fsp3) is 0.160. The van der Waals surface area contributed by atoms with Gasteiger partial charge in [0.05, 0.1) is 25.0 Å². The maximum absolute atomic E-state index is 12.3. The van der Waals surface area contributed by atoms with Gasteiger partial charge < -0.3 is 19.5 Å². The van der Waals surface area contributed by atoms with Crippen molar-refractivity contribution < 1.29 is 23.8 Å². The number of nitrogens with zero attached hydrogens (tertiary/aromatic N) is 1. The summed E-state index contributed by atoms with van der Waals surface area (Å²) >= 11 is 12.2. The van der Waals surface area contributed by atoms with Gasteiger partial charge >= 0.3 is 0 Å². The highest BCUT2D eigenvalue weighted by molar-refractivity contribution is 6.32. The molecular weight excluding hydrogens is 493 g/mol. The summed E-state index contributed by atoms with van der Waals surface area (Å²) in [7, 11) is 1.57. The summed E-state index contributed by atoms with van der Waals surface area (Å²) < 4.78 is 16.4. The summed E-state index contributed by atoms with van der Waals surface area (Å²) in [6, 6.07) is 16.5. The van der Waals surface area contributed by atoms with E-state index in [4.69, 9.17) is 37.4 Å². The maximum atomic E-state index is 12.3. The van der Waals surface area contributed by atoms with Gasteiger partial charge in [0.2, 0.25) is 0 Å². The van der Waals surface area contributed by atoms with Crippen LogP contribution in [0.3, 0.4) is 0 Å². The van der Waals surface area contributed by atoms with E-state index in [-0.39, 0.29) is 23.3 Å². The molecule has 0 aliphatic carbocycles. The number of hydrogen-bond donors (Lipinski definition) is 2. The second kappa shape index (κ2) is 12.6. The Bertz CT molecular complexity index is 1200. The number of ether oxygens (including phenoxy) is 3. The van der Waals surface area contributed by atoms with Crippen molar-refractivity contribution in [3.05, 3.63) is 81.8 Å². The lowest BCUT2D eigenvalue weighted by atomic mass is 10.2. The number of methoxy groups -OCH3 is 1. The summed E-state index contributed by atoms with van der Waals surface area (Å²) in [5.74, 6) is 0.477. The van der Waals surface area contributed by atoms with E-state index in [0.29, 0.717) is 39.9 Å². The lowest BCUT2D eigenvalue weighted by Gasteiger charge is -2.14. The van der Waals surface area contributed by atoms with E-state index < -0.39 is 5.91 Å². The fourth-order valence-electron chi connectivity index (χ4n) is 2.91. The van der Waals surface area contributed by atoms with Crippen LogP contribution in [-0.2, 0) is 4.79 Å². The van der Waals surface area contributed by atoms with Crippen LogP contribution in [0.2, 0.25) is 10.0 Å². The molecule has 0 aromatic heterocycles. The van der Waals surface area contributed by atoms with Crippen molar-refractivity contribution in [1.29, 1.82) is 0 Å². The van der Waals surface area contributed by atoms with Gasteiger partial charge in [-0.25, -0.2) is 5.43 Å². The summed E-state index contributed by atoms with van der Waals surface area (Å²) in [6.45, 7) is 1.87. The molecule has 0 atom stereocenters. The molecule has 3 aromatic carbocycles. The van der Waals surface area contributed by atoms with E-state index >= 15 is 0 Å². The number of hydrogen-bond acceptors (Lipinski definition) is 6. The number of carbonyl (C=O) groups is 2. The van der Waals surface area contributed by atoms with Crippen molar-refractivity contribution >= 4 is 46.9 Å². The van der Waals surface area contributed by atoms with Gasteiger partial charge in [-0.05, 0) is 73.2 Å². The molecule has 182 valence electrons. The minimum Gasteiger partial charge on any atom is -0.497 e. The monoisotopic (exact) mass is 515 g/mol. The Balaban J connectivity index is 1.64. The standard InChI is InChI=1S/C25H23Cl2N3O5/c1-3-34-22-13-16(14-28-30-25(32)17-4-6-18(26)7-5-17)12-21(27)24(22)35-15-23(31)29-19-8-10-20(33-2)11-9-19/h4-14H,3,15H2,1-2H3,(H,29,31)(H,30,32)/b28-14+. The van der Waals surface area contributed by atoms with E-state index in [9.17, 15) is 9.59 Å². The summed E-state index contributed by atoms with van der Waals surface area (Å²) in [6.07, 6.45) is 1.42. The lowest BCUT2D eigenvalue weighted by Crippen LogP contribution is -2.20. The van der Waals surface area contributed by atoms with E-state index in [1.807, 2.05) is 0 Å². The van der Waals surface area contributed by atoms with Gasteiger partial charge in [-0.3, -0.25) is 9.59 Å². The Kier molecular flexibility index (Phi) is 9.34. The number of carbonyl (C=O) groups excluding carboxylic acids is 2. The zero-order chi connectivity index (χ0) is 25.2. The molecule has 0 aliphatic heterocycles. The van der Waals surface area contributed by atoms with Gasteiger partial charge in [0.15, 0.2) is 18.1 Å². The zero-order valence-corrected chi connectivity index (χ0v) is 20.5. The third kappa shape index (κ3) is 7.63. The van der Waals surface area contributed by atoms with Crippen LogP contribution in [0.4, 0.5) is 5.69 Å². The smallest absolute Gasteiger partial charge is 0.271 e. The molecule has 10 heteroatoms. The van der Waals surface area contributed by atoms with Crippen LogP contribution < -0.4 is 25.0 Å². The number of amides is 2. The van der Waals surface area contributed by atoms with Gasteiger partial charge in [0.1, 0.15) is 5.75 Å². The molecule has 0 heterocycles. The van der Waals surface area contributed by atoms with Crippen molar-refractivity contribution in [1.82, 2.24) is 5.43 Å². The zero-order valence-electron chi connectivity index (χ0n) is 19.0. The van der Waals surface area contributed by atoms with Gasteiger partial charge in [0.25, 0.3) is 11.8 Å². The van der Waals surface area contributed by atoms with E-state index in [1.165, 1.54) is 6.21 Å². The molecule has 8 nitrogen and oxygen atoms in total. The van der Waals surface area contributed by atoms with Gasteiger partial charge in [-0.1, -0.05) is 23.2 Å². The molecule has 0 radical (unpaired) electrons. The quantitative estimate of drug-likeness (QED) is 0.286. The summed E-state index contributed by atoms with van der Waals surface area (Å²) in [5.41, 5.74) is 4.01. The molecule has 0 saturated heterocycles. The van der Waals surface area contributed by atoms with Gasteiger partial charge in [0, 0.05) is 16.3 Å². The van der Waals surface area contributed by atoms with Gasteiger partial charge in [-0.15, -0.1) is 0 Å². The van der Waals surface area contributed by atoms with Crippen LogP contribution in [0, 0.1) is 0 Å². The molecule has 0 spiro atoms. The molecule has 2 amide bonds. The second-order valence-corrected chi connectivity index (χ2v) is 7.88. The predicted molar refractivity (Wildman–Crippen MR) is 136 cm³/mol. The first-order valence-corrected chi connectivity index (χ1v) is 11.3. The average molecular weight is 516 g/mol. The lowest BCUT2D eigenvalue weighted by molar-refractivity contribution is -0.118. The van der Waals surface area contributed by atoms with Crippen LogP contribution in [0.15, 0.2) is 65.8 Å². The number of hydrazone groups is 1. The van der Waals surface area contributed by atoms with Crippen LogP contribution in [0.5, 0.6) is 17.2 Å². The highest BCUT2D eigenvalue weighted by atomic mass is 35.5. The molecule has 3 aromatic rings. The van der Waals surface area contributed by atoms with E-state index in [1.54, 1.807) is 74.7 Å². The second-order valence-electron chi connectivity index (χ2n) is 7.03. The Morgan fingerprint density at radius 3 is 2.37 bits per heavy atom. The average Bonchev–Trinajstić information content (AvgIpc) is 2.84. The Labute approximate surface area is 212 Å². The van der Waals surface area contributed by atoms with Crippen molar-refractivity contribution in [2.24, 2.45) is 5.10 Å². The number of rotatable bonds is 10. The molecule has 3 rings (SSSR count). The maximum Gasteiger partial charge on any atom is 0.271 e. The largest absolute Gasteiger partial charge is 0.497 e. The Hall–Kier alpha value is -3.75. The number of benzene rings is 3. The summed E-state index contributed by atoms with van der Waals surface area (Å²) in [4.78, 5) is 24.5. The molecule has 0 bridgehead atoms. The Morgan fingerprint density at radius 1 is 1.00 bits per heavy atom. The number of anilines is 1. The highest BCUT2D eigenvalue weighted by Crippen LogP contribution is 2.36. The van der Waals surface area contributed by atoms with E-state index in [0.717, 1.165) is 0 Å². The van der Waals surface area contributed by atoms with Crippen LogP contribution in [0.1, 0.15) is 22.8 Å². The first-order chi connectivity index (χ1) is 16.9. The molecule has 0 unspecified atom stereocenters. The highest BCUT2D eigenvalue weighted by Gasteiger charge is 2.14.